The highest BCUT2D eigenvalue weighted by atomic mass is 35.5. The van der Waals surface area contributed by atoms with Crippen LogP contribution in [0.15, 0.2) is 24.3 Å². The van der Waals surface area contributed by atoms with Crippen molar-refractivity contribution in [3.05, 3.63) is 54.7 Å². The number of anilines is 1. The van der Waals surface area contributed by atoms with Gasteiger partial charge in [0, 0.05) is 42.1 Å². The maximum absolute atomic E-state index is 12.8. The summed E-state index contributed by atoms with van der Waals surface area (Å²) in [5.41, 5.74) is 1.80. The fourth-order valence-corrected chi connectivity index (χ4v) is 4.57. The molecule has 1 saturated heterocycles. The summed E-state index contributed by atoms with van der Waals surface area (Å²) in [7, 11) is 0. The molecule has 3 rings (SSSR count). The number of carbonyl (C=O) groups excluding carboxylic acids is 1. The summed E-state index contributed by atoms with van der Waals surface area (Å²) >= 11 is 7.45. The Morgan fingerprint density at radius 3 is 2.59 bits per heavy atom. The Morgan fingerprint density at radius 2 is 1.96 bits per heavy atom. The molecule has 8 heteroatoms. The third-order valence-corrected chi connectivity index (χ3v) is 6.11. The molecule has 1 aliphatic rings. The van der Waals surface area contributed by atoms with Crippen LogP contribution < -0.4 is 4.90 Å². The zero-order valence-electron chi connectivity index (χ0n) is 15.4. The van der Waals surface area contributed by atoms with Gasteiger partial charge in [-0.1, -0.05) is 24.9 Å². The summed E-state index contributed by atoms with van der Waals surface area (Å²) in [5, 5.41) is 11.7. The third kappa shape index (κ3) is 4.25. The molecule has 0 aliphatic carbocycles. The summed E-state index contributed by atoms with van der Waals surface area (Å²) in [6.07, 6.45) is 2.05. The summed E-state index contributed by atoms with van der Waals surface area (Å²) in [5.74, 6) is 0.0516. The zero-order valence-corrected chi connectivity index (χ0v) is 17.0. The number of hydrogen-bond acceptors (Lipinski definition) is 5. The molecule has 0 N–H and O–H groups in total. The lowest BCUT2D eigenvalue weighted by molar-refractivity contribution is -0.384. The molecule has 1 aromatic carbocycles. The summed E-state index contributed by atoms with van der Waals surface area (Å²) < 4.78 is 0. The lowest BCUT2D eigenvalue weighted by Crippen LogP contribution is -2.48. The molecule has 1 aromatic heterocycles. The number of nitro groups is 1. The zero-order chi connectivity index (χ0) is 19.6. The van der Waals surface area contributed by atoms with Crippen molar-refractivity contribution >= 4 is 40.2 Å². The Labute approximate surface area is 167 Å². The van der Waals surface area contributed by atoms with Crippen molar-refractivity contribution in [3.8, 4) is 0 Å². The molecule has 0 atom stereocenters. The lowest BCUT2D eigenvalue weighted by Gasteiger charge is -2.35. The highest BCUT2D eigenvalue weighted by molar-refractivity contribution is 7.14. The van der Waals surface area contributed by atoms with E-state index >= 15 is 0 Å². The van der Waals surface area contributed by atoms with Crippen LogP contribution in [0.1, 0.15) is 33.5 Å². The van der Waals surface area contributed by atoms with E-state index in [2.05, 4.69) is 13.8 Å². The van der Waals surface area contributed by atoms with Crippen LogP contribution in [0.2, 0.25) is 5.02 Å². The number of aryl methyl sites for hydroxylation is 2. The van der Waals surface area contributed by atoms with E-state index in [1.165, 1.54) is 16.5 Å². The van der Waals surface area contributed by atoms with Crippen LogP contribution in [0.4, 0.5) is 11.4 Å². The second-order valence-electron chi connectivity index (χ2n) is 6.61. The Morgan fingerprint density at radius 1 is 1.26 bits per heavy atom. The number of amides is 1. The fourth-order valence-electron chi connectivity index (χ4n) is 3.36. The van der Waals surface area contributed by atoms with Gasteiger partial charge in [-0.15, -0.1) is 11.3 Å². The van der Waals surface area contributed by atoms with Gasteiger partial charge in [0.2, 0.25) is 0 Å². The molecule has 144 valence electrons. The smallest absolute Gasteiger partial charge is 0.294 e. The van der Waals surface area contributed by atoms with Gasteiger partial charge in [0.1, 0.15) is 5.69 Å². The second kappa shape index (κ2) is 8.27. The van der Waals surface area contributed by atoms with E-state index in [0.29, 0.717) is 36.9 Å². The molecule has 2 aromatic rings. The van der Waals surface area contributed by atoms with Crippen LogP contribution >= 0.6 is 22.9 Å². The Kier molecular flexibility index (Phi) is 6.01. The summed E-state index contributed by atoms with van der Waals surface area (Å²) in [6.45, 7) is 6.38. The molecule has 0 saturated carbocycles. The van der Waals surface area contributed by atoms with Gasteiger partial charge in [-0.25, -0.2) is 0 Å². The predicted molar refractivity (Wildman–Crippen MR) is 109 cm³/mol. The molecule has 6 nitrogen and oxygen atoms in total. The minimum Gasteiger partial charge on any atom is -0.362 e. The second-order valence-corrected chi connectivity index (χ2v) is 8.30. The normalized spacial score (nSPS) is 14.5. The molecule has 1 aliphatic heterocycles. The van der Waals surface area contributed by atoms with Crippen molar-refractivity contribution in [3.63, 3.8) is 0 Å². The number of hydrogen-bond donors (Lipinski definition) is 0. The van der Waals surface area contributed by atoms with Gasteiger partial charge in [0.15, 0.2) is 0 Å². The van der Waals surface area contributed by atoms with Crippen molar-refractivity contribution < 1.29 is 9.72 Å². The molecule has 1 amide bonds. The molecule has 1 fully saturated rings. The van der Waals surface area contributed by atoms with E-state index in [4.69, 9.17) is 11.6 Å². The number of piperazine rings is 1. The van der Waals surface area contributed by atoms with Crippen LogP contribution in [0.5, 0.6) is 0 Å². The molecule has 27 heavy (non-hydrogen) atoms. The number of halogens is 1. The van der Waals surface area contributed by atoms with Gasteiger partial charge >= 0.3 is 0 Å². The van der Waals surface area contributed by atoms with Gasteiger partial charge < -0.3 is 9.80 Å². The maximum Gasteiger partial charge on any atom is 0.294 e. The Balaban J connectivity index is 1.70. The standard InChI is InChI=1S/C19H22ClN3O3S/c1-3-4-14-11-18(27-13(14)2)19(24)22-9-7-21(8-10-22)16-6-5-15(20)12-17(16)23(25)26/h5-6,11-12H,3-4,7-10H2,1-2H3. The molecule has 0 radical (unpaired) electrons. The molecule has 0 unspecified atom stereocenters. The largest absolute Gasteiger partial charge is 0.362 e. The van der Waals surface area contributed by atoms with Crippen LogP contribution in [0.3, 0.4) is 0 Å². The van der Waals surface area contributed by atoms with Crippen LogP contribution in [-0.4, -0.2) is 41.9 Å². The fraction of sp³-hybridized carbons (Fsp3) is 0.421. The van der Waals surface area contributed by atoms with Crippen molar-refractivity contribution in [1.29, 1.82) is 0 Å². The van der Waals surface area contributed by atoms with E-state index in [1.807, 2.05) is 15.9 Å². The lowest BCUT2D eigenvalue weighted by atomic mass is 10.1. The summed E-state index contributed by atoms with van der Waals surface area (Å²) in [6, 6.07) is 6.73. The molecular weight excluding hydrogens is 386 g/mol. The Bertz CT molecular complexity index is 860. The first-order chi connectivity index (χ1) is 12.9. The maximum atomic E-state index is 12.8. The molecule has 0 bridgehead atoms. The Hall–Kier alpha value is -2.12. The summed E-state index contributed by atoms with van der Waals surface area (Å²) in [4.78, 5) is 29.5. The quantitative estimate of drug-likeness (QED) is 0.539. The van der Waals surface area contributed by atoms with Crippen LogP contribution in [-0.2, 0) is 6.42 Å². The molecule has 2 heterocycles. The minimum atomic E-state index is -0.414. The van der Waals surface area contributed by atoms with Crippen molar-refractivity contribution in [2.24, 2.45) is 0 Å². The van der Waals surface area contributed by atoms with Crippen molar-refractivity contribution in [1.82, 2.24) is 4.90 Å². The van der Waals surface area contributed by atoms with Crippen LogP contribution in [0, 0.1) is 17.0 Å². The number of benzene rings is 1. The first-order valence-electron chi connectivity index (χ1n) is 8.98. The number of nitrogens with zero attached hydrogens (tertiary/aromatic N) is 3. The van der Waals surface area contributed by atoms with Gasteiger partial charge in [0.05, 0.1) is 9.80 Å². The van der Waals surface area contributed by atoms with Gasteiger partial charge in [-0.3, -0.25) is 14.9 Å². The van der Waals surface area contributed by atoms with Crippen LogP contribution in [0.25, 0.3) is 0 Å². The van der Waals surface area contributed by atoms with Crippen molar-refractivity contribution in [2.45, 2.75) is 26.7 Å². The van der Waals surface area contributed by atoms with E-state index < -0.39 is 4.92 Å². The average molecular weight is 408 g/mol. The number of nitro benzene ring substituents is 1. The van der Waals surface area contributed by atoms with Gasteiger partial charge in [-0.2, -0.15) is 0 Å². The highest BCUT2D eigenvalue weighted by Gasteiger charge is 2.27. The molecule has 0 spiro atoms. The van der Waals surface area contributed by atoms with E-state index in [1.54, 1.807) is 23.5 Å². The number of thiophene rings is 1. The topological polar surface area (TPSA) is 66.7 Å². The number of rotatable bonds is 5. The average Bonchev–Trinajstić information content (AvgIpc) is 3.02. The predicted octanol–water partition coefficient (Wildman–Crippen LogP) is 4.53. The van der Waals surface area contributed by atoms with E-state index in [0.717, 1.165) is 17.7 Å². The first-order valence-corrected chi connectivity index (χ1v) is 10.2. The highest BCUT2D eigenvalue weighted by Crippen LogP contribution is 2.32. The minimum absolute atomic E-state index is 0.000338. The monoisotopic (exact) mass is 407 g/mol. The third-order valence-electron chi connectivity index (χ3n) is 4.79. The van der Waals surface area contributed by atoms with Gasteiger partial charge in [0.25, 0.3) is 11.6 Å². The van der Waals surface area contributed by atoms with E-state index in [-0.39, 0.29) is 11.6 Å². The SMILES string of the molecule is CCCc1cc(C(=O)N2CCN(c3ccc(Cl)cc3[N+](=O)[O-])CC2)sc1C. The number of carbonyl (C=O) groups is 1. The van der Waals surface area contributed by atoms with Crippen molar-refractivity contribution in [2.75, 3.05) is 31.1 Å². The van der Waals surface area contributed by atoms with Gasteiger partial charge in [-0.05, 0) is 37.1 Å². The first kappa shape index (κ1) is 19.6. The van der Waals surface area contributed by atoms with E-state index in [9.17, 15) is 14.9 Å². The molecular formula is C19H22ClN3O3S.